The number of aliphatic hydroxyl groups is 1. The lowest BCUT2D eigenvalue weighted by Crippen LogP contribution is -2.49. The summed E-state index contributed by atoms with van der Waals surface area (Å²) in [4.78, 5) is 16.5. The van der Waals surface area contributed by atoms with Gasteiger partial charge in [-0.25, -0.2) is 0 Å². The normalized spacial score (nSPS) is 18.0. The Balaban J connectivity index is 1.91. The van der Waals surface area contributed by atoms with E-state index in [1.165, 1.54) is 24.3 Å². The van der Waals surface area contributed by atoms with Crippen molar-refractivity contribution in [2.24, 2.45) is 0 Å². The number of hydrogen-bond acceptors (Lipinski definition) is 6. The van der Waals surface area contributed by atoms with Crippen molar-refractivity contribution in [2.45, 2.75) is 38.3 Å². The second kappa shape index (κ2) is 10.00. The predicted octanol–water partition coefficient (Wildman–Crippen LogP) is 5.43. The Labute approximate surface area is 185 Å². The largest absolute Gasteiger partial charge is 0.513 e. The number of likely N-dealkylation sites (tertiary alicyclic amines) is 1. The molecule has 3 N–H and O–H groups in total. The Bertz CT molecular complexity index is 939. The van der Waals surface area contributed by atoms with Crippen LogP contribution in [-0.4, -0.2) is 41.3 Å². The molecular formula is C22H26ClN3O3S. The molecular weight excluding hydrogens is 422 g/mol. The van der Waals surface area contributed by atoms with Gasteiger partial charge in [0, 0.05) is 23.2 Å². The number of carbonyl (C=O) groups excluding carboxylic acids is 1. The molecule has 2 atom stereocenters. The van der Waals surface area contributed by atoms with Crippen molar-refractivity contribution >= 4 is 40.2 Å². The molecule has 0 aliphatic carbocycles. The van der Waals surface area contributed by atoms with Crippen LogP contribution in [0.25, 0.3) is 0 Å². The molecule has 0 saturated carbocycles. The van der Waals surface area contributed by atoms with Crippen LogP contribution in [0.2, 0.25) is 4.34 Å². The topological polar surface area (TPSA) is 85.6 Å². The summed E-state index contributed by atoms with van der Waals surface area (Å²) >= 11 is 7.62. The Morgan fingerprint density at radius 1 is 1.40 bits per heavy atom. The number of thiophene rings is 1. The van der Waals surface area contributed by atoms with Crippen molar-refractivity contribution in [3.8, 4) is 5.75 Å². The lowest BCUT2D eigenvalue weighted by atomic mass is 9.98. The van der Waals surface area contributed by atoms with Crippen LogP contribution in [0.3, 0.4) is 0 Å². The van der Waals surface area contributed by atoms with E-state index in [2.05, 4.69) is 5.32 Å². The minimum Gasteiger partial charge on any atom is -0.513 e. The Kier molecular flexibility index (Phi) is 7.39. The number of carbonyl (C=O) groups is 1. The van der Waals surface area contributed by atoms with Crippen LogP contribution in [-0.2, 0) is 4.79 Å². The van der Waals surface area contributed by atoms with Gasteiger partial charge in [-0.05, 0) is 56.5 Å². The third-order valence-electron chi connectivity index (χ3n) is 5.01. The van der Waals surface area contributed by atoms with E-state index in [-0.39, 0.29) is 23.4 Å². The van der Waals surface area contributed by atoms with Crippen LogP contribution >= 0.6 is 22.9 Å². The first-order valence-corrected chi connectivity index (χ1v) is 11.0. The third kappa shape index (κ3) is 5.34. The van der Waals surface area contributed by atoms with Crippen LogP contribution < -0.4 is 10.1 Å². The summed E-state index contributed by atoms with van der Waals surface area (Å²) in [5.74, 6) is 0.427. The minimum atomic E-state index is -0.935. The first-order chi connectivity index (χ1) is 14.4. The summed E-state index contributed by atoms with van der Waals surface area (Å²) in [6.07, 6.45) is 4.10. The van der Waals surface area contributed by atoms with Gasteiger partial charge in [-0.3, -0.25) is 4.79 Å². The number of rotatable bonds is 7. The molecule has 1 aliphatic rings. The van der Waals surface area contributed by atoms with Gasteiger partial charge in [-0.1, -0.05) is 17.7 Å². The van der Waals surface area contributed by atoms with Gasteiger partial charge in [-0.2, -0.15) is 0 Å². The first kappa shape index (κ1) is 22.2. The molecule has 1 aromatic heterocycles. The number of allylic oxidation sites excluding steroid dienone is 1. The summed E-state index contributed by atoms with van der Waals surface area (Å²) in [6, 6.07) is 10.0. The number of nitrogens with zero attached hydrogens (tertiary/aromatic N) is 1. The van der Waals surface area contributed by atoms with Crippen molar-refractivity contribution in [2.75, 3.05) is 19.0 Å². The molecule has 160 valence electrons. The Morgan fingerprint density at radius 3 is 2.87 bits per heavy atom. The highest BCUT2D eigenvalue weighted by Gasteiger charge is 2.34. The molecule has 1 amide bonds. The lowest BCUT2D eigenvalue weighted by Gasteiger charge is -2.37. The van der Waals surface area contributed by atoms with E-state index < -0.39 is 6.04 Å². The molecule has 2 unspecified atom stereocenters. The molecule has 6 nitrogen and oxygen atoms in total. The van der Waals surface area contributed by atoms with Crippen molar-refractivity contribution in [3.05, 3.63) is 57.4 Å². The number of anilines is 1. The molecule has 30 heavy (non-hydrogen) atoms. The molecule has 1 aliphatic heterocycles. The number of methoxy groups -OCH3 is 1. The van der Waals surface area contributed by atoms with E-state index in [1.807, 2.05) is 35.2 Å². The highest BCUT2D eigenvalue weighted by molar-refractivity contribution is 7.16. The van der Waals surface area contributed by atoms with E-state index in [4.69, 9.17) is 21.7 Å². The number of ether oxygens (including phenoxy) is 1. The Morgan fingerprint density at radius 2 is 2.20 bits per heavy atom. The number of nitrogens with one attached hydrogen (secondary N) is 2. The molecule has 2 heterocycles. The molecule has 1 saturated heterocycles. The molecule has 1 fully saturated rings. The predicted molar refractivity (Wildman–Crippen MR) is 122 cm³/mol. The Hall–Kier alpha value is -2.51. The smallest absolute Gasteiger partial charge is 0.251 e. The molecule has 0 radical (unpaired) electrons. The zero-order valence-electron chi connectivity index (χ0n) is 17.0. The van der Waals surface area contributed by atoms with E-state index in [0.717, 1.165) is 24.1 Å². The quantitative estimate of drug-likeness (QED) is 0.390. The zero-order chi connectivity index (χ0) is 21.7. The average molecular weight is 448 g/mol. The van der Waals surface area contributed by atoms with Gasteiger partial charge in [0.05, 0.1) is 29.0 Å². The molecule has 8 heteroatoms. The van der Waals surface area contributed by atoms with Gasteiger partial charge in [0.15, 0.2) is 0 Å². The van der Waals surface area contributed by atoms with Gasteiger partial charge in [0.25, 0.3) is 5.91 Å². The standard InChI is InChI=1S/C22H26ClN3O3S/c1-14(27)12-17(24)21(25-15-6-5-7-16(13-15)29-2)22(28)26-11-4-3-8-18(26)19-9-10-20(23)30-19/h5-7,9-10,12-13,18,21,24-25,27H,3-4,8,11H2,1-2H3/b14-12-,24-17?. The van der Waals surface area contributed by atoms with E-state index in [1.54, 1.807) is 13.2 Å². The average Bonchev–Trinajstić information content (AvgIpc) is 3.17. The maximum Gasteiger partial charge on any atom is 0.251 e. The lowest BCUT2D eigenvalue weighted by molar-refractivity contribution is -0.134. The van der Waals surface area contributed by atoms with E-state index >= 15 is 0 Å². The number of benzene rings is 1. The zero-order valence-corrected chi connectivity index (χ0v) is 18.6. The van der Waals surface area contributed by atoms with Gasteiger partial charge in [0.2, 0.25) is 0 Å². The second-order valence-electron chi connectivity index (χ2n) is 7.24. The fourth-order valence-electron chi connectivity index (χ4n) is 3.62. The van der Waals surface area contributed by atoms with Crippen molar-refractivity contribution in [3.63, 3.8) is 0 Å². The highest BCUT2D eigenvalue weighted by atomic mass is 35.5. The van der Waals surface area contributed by atoms with Gasteiger partial charge < -0.3 is 25.5 Å². The third-order valence-corrected chi connectivity index (χ3v) is 6.34. The van der Waals surface area contributed by atoms with Crippen LogP contribution in [0, 0.1) is 5.41 Å². The van der Waals surface area contributed by atoms with Crippen molar-refractivity contribution in [1.29, 1.82) is 5.41 Å². The number of aliphatic hydroxyl groups excluding tert-OH is 1. The molecule has 1 aromatic carbocycles. The summed E-state index contributed by atoms with van der Waals surface area (Å²) in [5, 5.41) is 21.3. The van der Waals surface area contributed by atoms with Gasteiger partial charge in [-0.15, -0.1) is 11.3 Å². The second-order valence-corrected chi connectivity index (χ2v) is 8.98. The van der Waals surface area contributed by atoms with Crippen LogP contribution in [0.15, 0.2) is 48.2 Å². The SMILES string of the molecule is COc1cccc(NC(C(=N)/C=C(/C)O)C(=O)N2CCCCC2c2ccc(Cl)s2)c1. The van der Waals surface area contributed by atoms with E-state index in [9.17, 15) is 9.90 Å². The maximum absolute atomic E-state index is 13.6. The van der Waals surface area contributed by atoms with E-state index in [0.29, 0.717) is 22.3 Å². The van der Waals surface area contributed by atoms with Gasteiger partial charge in [0.1, 0.15) is 11.8 Å². The van der Waals surface area contributed by atoms with Crippen molar-refractivity contribution < 1.29 is 14.6 Å². The van der Waals surface area contributed by atoms with Crippen LogP contribution in [0.4, 0.5) is 5.69 Å². The molecule has 0 spiro atoms. The maximum atomic E-state index is 13.6. The number of halogens is 1. The molecule has 3 rings (SSSR count). The van der Waals surface area contributed by atoms with Crippen LogP contribution in [0.1, 0.15) is 37.1 Å². The molecule has 2 aromatic rings. The summed E-state index contributed by atoms with van der Waals surface area (Å²) < 4.78 is 5.96. The number of amides is 1. The number of piperidine rings is 1. The summed E-state index contributed by atoms with van der Waals surface area (Å²) in [5.41, 5.74) is 0.658. The first-order valence-electron chi connectivity index (χ1n) is 9.81. The summed E-state index contributed by atoms with van der Waals surface area (Å²) in [6.45, 7) is 2.10. The fraction of sp³-hybridized carbons (Fsp3) is 0.364. The fourth-order valence-corrected chi connectivity index (χ4v) is 4.83. The van der Waals surface area contributed by atoms with Crippen molar-refractivity contribution in [1.82, 2.24) is 4.90 Å². The van der Waals surface area contributed by atoms with Gasteiger partial charge >= 0.3 is 0 Å². The molecule has 0 bridgehead atoms. The monoisotopic (exact) mass is 447 g/mol. The minimum absolute atomic E-state index is 0.00337. The highest BCUT2D eigenvalue weighted by Crippen LogP contribution is 2.37. The van der Waals surface area contributed by atoms with Crippen LogP contribution in [0.5, 0.6) is 5.75 Å². The number of hydrogen-bond donors (Lipinski definition) is 3. The summed E-state index contributed by atoms with van der Waals surface area (Å²) in [7, 11) is 1.58.